The van der Waals surface area contributed by atoms with Gasteiger partial charge in [-0.1, -0.05) is 6.07 Å². The third-order valence-electron chi connectivity index (χ3n) is 3.59. The van der Waals surface area contributed by atoms with Crippen LogP contribution in [-0.2, 0) is 13.0 Å². The number of halogens is 3. The van der Waals surface area contributed by atoms with E-state index in [1.165, 1.54) is 18.3 Å². The summed E-state index contributed by atoms with van der Waals surface area (Å²) < 4.78 is 28.9. The van der Waals surface area contributed by atoms with Gasteiger partial charge in [-0.15, -0.1) is 32.9 Å². The zero-order valence-corrected chi connectivity index (χ0v) is 15.9. The van der Waals surface area contributed by atoms with Crippen molar-refractivity contribution in [3.8, 4) is 0 Å². The second-order valence-corrected chi connectivity index (χ2v) is 8.29. The van der Waals surface area contributed by atoms with Gasteiger partial charge in [-0.2, -0.15) is 4.39 Å². The standard InChI is InChI=1S/C15H15BrF2N4S2/c1-7(17)9(19)5-10-11(16)12-14(24-10)13(15(18)22-21-12)20-6-8-3-2-4-23-8/h2-4,7,9H,5-6,19H2,1H3,(H,20,21)/t7-,9+/m0/s1. The monoisotopic (exact) mass is 432 g/mol. The second-order valence-electron chi connectivity index (χ2n) is 5.36. The van der Waals surface area contributed by atoms with E-state index in [4.69, 9.17) is 5.73 Å². The number of hydrogen-bond donors (Lipinski definition) is 2. The average molecular weight is 433 g/mol. The molecule has 9 heteroatoms. The van der Waals surface area contributed by atoms with Gasteiger partial charge in [0.15, 0.2) is 0 Å². The van der Waals surface area contributed by atoms with Gasteiger partial charge in [-0.3, -0.25) is 0 Å². The van der Waals surface area contributed by atoms with E-state index in [9.17, 15) is 8.78 Å². The SMILES string of the molecule is C[C@H](F)[C@H](N)Cc1sc2c(NCc3cccs3)c(F)nnc2c1Br. The molecule has 3 aromatic rings. The van der Waals surface area contributed by atoms with Gasteiger partial charge in [0.25, 0.3) is 5.95 Å². The first kappa shape index (κ1) is 17.7. The Kier molecular flexibility index (Phi) is 5.43. The van der Waals surface area contributed by atoms with Crippen LogP contribution in [-0.4, -0.2) is 22.4 Å². The number of thiophene rings is 2. The van der Waals surface area contributed by atoms with Gasteiger partial charge in [-0.25, -0.2) is 4.39 Å². The lowest BCUT2D eigenvalue weighted by Gasteiger charge is -2.11. The topological polar surface area (TPSA) is 63.8 Å². The molecule has 0 aromatic carbocycles. The summed E-state index contributed by atoms with van der Waals surface area (Å²) in [5.41, 5.74) is 6.69. The van der Waals surface area contributed by atoms with Crippen LogP contribution in [0.1, 0.15) is 16.7 Å². The Labute approximate surface area is 154 Å². The molecule has 3 heterocycles. The maximum atomic E-state index is 14.2. The van der Waals surface area contributed by atoms with Crippen LogP contribution in [0.25, 0.3) is 10.2 Å². The summed E-state index contributed by atoms with van der Waals surface area (Å²) in [6.07, 6.45) is -0.771. The molecule has 0 radical (unpaired) electrons. The van der Waals surface area contributed by atoms with Crippen LogP contribution in [0, 0.1) is 5.95 Å². The number of hydrogen-bond acceptors (Lipinski definition) is 6. The Morgan fingerprint density at radius 3 is 2.88 bits per heavy atom. The van der Waals surface area contributed by atoms with Gasteiger partial charge < -0.3 is 11.1 Å². The Morgan fingerprint density at radius 2 is 2.21 bits per heavy atom. The van der Waals surface area contributed by atoms with Crippen molar-refractivity contribution < 1.29 is 8.78 Å². The minimum absolute atomic E-state index is 0.312. The normalized spacial score (nSPS) is 14.0. The first-order valence-electron chi connectivity index (χ1n) is 7.26. The second kappa shape index (κ2) is 7.38. The highest BCUT2D eigenvalue weighted by Gasteiger charge is 2.21. The zero-order valence-electron chi connectivity index (χ0n) is 12.7. The summed E-state index contributed by atoms with van der Waals surface area (Å²) in [6, 6.07) is 3.30. The highest BCUT2D eigenvalue weighted by Crippen LogP contribution is 2.39. The molecule has 2 atom stereocenters. The zero-order chi connectivity index (χ0) is 17.3. The van der Waals surface area contributed by atoms with Gasteiger partial charge in [0.2, 0.25) is 0 Å². The minimum Gasteiger partial charge on any atom is -0.375 e. The molecule has 0 unspecified atom stereocenters. The number of nitrogens with zero attached hydrogens (tertiary/aromatic N) is 2. The smallest absolute Gasteiger partial charge is 0.257 e. The molecule has 0 saturated carbocycles. The highest BCUT2D eigenvalue weighted by molar-refractivity contribution is 9.10. The number of alkyl halides is 1. The summed E-state index contributed by atoms with van der Waals surface area (Å²) in [5, 5.41) is 12.6. The molecule has 0 bridgehead atoms. The van der Waals surface area contributed by atoms with E-state index in [1.807, 2.05) is 17.5 Å². The summed E-state index contributed by atoms with van der Waals surface area (Å²) in [4.78, 5) is 1.92. The molecule has 0 saturated heterocycles. The Hall–Kier alpha value is -1.16. The molecule has 3 rings (SSSR count). The molecule has 0 amide bonds. The van der Waals surface area contributed by atoms with Crippen LogP contribution >= 0.6 is 38.6 Å². The lowest BCUT2D eigenvalue weighted by molar-refractivity contribution is 0.305. The Balaban J connectivity index is 1.94. The maximum absolute atomic E-state index is 14.2. The van der Waals surface area contributed by atoms with Crippen LogP contribution in [0.2, 0.25) is 0 Å². The van der Waals surface area contributed by atoms with E-state index in [1.54, 1.807) is 11.3 Å². The van der Waals surface area contributed by atoms with Gasteiger partial charge in [-0.05, 0) is 34.3 Å². The third-order valence-corrected chi connectivity index (χ3v) is 6.81. The number of anilines is 1. The third kappa shape index (κ3) is 3.58. The number of nitrogens with one attached hydrogen (secondary N) is 1. The molecule has 3 aromatic heterocycles. The van der Waals surface area contributed by atoms with Crippen LogP contribution in [0.4, 0.5) is 14.5 Å². The van der Waals surface area contributed by atoms with E-state index in [-0.39, 0.29) is 0 Å². The largest absolute Gasteiger partial charge is 0.375 e. The van der Waals surface area contributed by atoms with E-state index in [0.29, 0.717) is 33.3 Å². The lowest BCUT2D eigenvalue weighted by Crippen LogP contribution is -2.31. The van der Waals surface area contributed by atoms with Crippen LogP contribution in [0.5, 0.6) is 0 Å². The summed E-state index contributed by atoms with van der Waals surface area (Å²) in [6.45, 7) is 1.93. The van der Waals surface area contributed by atoms with Crippen molar-refractivity contribution in [2.24, 2.45) is 5.73 Å². The van der Waals surface area contributed by atoms with Crippen LogP contribution in [0.3, 0.4) is 0 Å². The van der Waals surface area contributed by atoms with Crippen LogP contribution < -0.4 is 11.1 Å². The van der Waals surface area contributed by atoms with Gasteiger partial charge in [0, 0.05) is 28.8 Å². The van der Waals surface area contributed by atoms with Crippen molar-refractivity contribution in [3.63, 3.8) is 0 Å². The van der Waals surface area contributed by atoms with Crippen molar-refractivity contribution in [1.29, 1.82) is 0 Å². The van der Waals surface area contributed by atoms with Crippen molar-refractivity contribution in [3.05, 3.63) is 37.7 Å². The fourth-order valence-corrected chi connectivity index (χ4v) is 4.86. The molecule has 0 aliphatic carbocycles. The van der Waals surface area contributed by atoms with Crippen molar-refractivity contribution in [2.45, 2.75) is 32.1 Å². The lowest BCUT2D eigenvalue weighted by atomic mass is 10.1. The quantitative estimate of drug-likeness (QED) is 0.601. The molecule has 0 fully saturated rings. The number of nitrogens with two attached hydrogens (primary N) is 1. The molecule has 0 aliphatic heterocycles. The van der Waals surface area contributed by atoms with Gasteiger partial charge >= 0.3 is 0 Å². The number of rotatable bonds is 6. The number of aromatic nitrogens is 2. The fraction of sp³-hybridized carbons (Fsp3) is 0.333. The summed E-state index contributed by atoms with van der Waals surface area (Å²) >= 11 is 6.40. The molecule has 0 spiro atoms. The van der Waals surface area contributed by atoms with Gasteiger partial charge in [0.1, 0.15) is 17.4 Å². The predicted octanol–water partition coefficient (Wildman–Crippen LogP) is 4.49. The van der Waals surface area contributed by atoms with Crippen molar-refractivity contribution in [1.82, 2.24) is 10.2 Å². The minimum atomic E-state index is -1.12. The maximum Gasteiger partial charge on any atom is 0.257 e. The fourth-order valence-electron chi connectivity index (χ4n) is 2.19. The summed E-state index contributed by atoms with van der Waals surface area (Å²) in [7, 11) is 0. The van der Waals surface area contributed by atoms with E-state index >= 15 is 0 Å². The average Bonchev–Trinajstić information content (AvgIpc) is 3.15. The Morgan fingerprint density at radius 1 is 1.42 bits per heavy atom. The Bertz CT molecular complexity index is 836. The number of fused-ring (bicyclic) bond motifs is 1. The first-order chi connectivity index (χ1) is 11.5. The van der Waals surface area contributed by atoms with E-state index < -0.39 is 18.2 Å². The van der Waals surface area contributed by atoms with E-state index in [0.717, 1.165) is 9.75 Å². The molecule has 128 valence electrons. The highest BCUT2D eigenvalue weighted by atomic mass is 79.9. The van der Waals surface area contributed by atoms with Crippen LogP contribution in [0.15, 0.2) is 22.0 Å². The van der Waals surface area contributed by atoms with Gasteiger partial charge in [0.05, 0.1) is 9.17 Å². The van der Waals surface area contributed by atoms with E-state index in [2.05, 4.69) is 31.4 Å². The predicted molar refractivity (Wildman–Crippen MR) is 99.0 cm³/mol. The summed E-state index contributed by atoms with van der Waals surface area (Å²) in [5.74, 6) is -0.650. The van der Waals surface area contributed by atoms with Crippen molar-refractivity contribution >= 4 is 54.5 Å². The first-order valence-corrected chi connectivity index (χ1v) is 9.75. The molecule has 3 N–H and O–H groups in total. The van der Waals surface area contributed by atoms with Crippen molar-refractivity contribution in [2.75, 3.05) is 5.32 Å². The molecule has 24 heavy (non-hydrogen) atoms. The molecule has 4 nitrogen and oxygen atoms in total. The molecule has 0 aliphatic rings. The molecular weight excluding hydrogens is 418 g/mol. The molecular formula is C15H15BrF2N4S2.